The number of fused-ring (bicyclic) bond motifs is 1. The van der Waals surface area contributed by atoms with Gasteiger partial charge in [0.2, 0.25) is 5.91 Å². The SMILES string of the molecule is COc1ccc(N2CCN(C(=O)CCS(=O)(=O)c3cccc4nonc34)CC2)cc1. The van der Waals surface area contributed by atoms with Crippen LogP contribution < -0.4 is 9.64 Å². The summed E-state index contributed by atoms with van der Waals surface area (Å²) in [5, 5.41) is 7.34. The topological polar surface area (TPSA) is 106 Å². The number of amides is 1. The molecular formula is C20H22N4O5S. The molecule has 1 aliphatic rings. The van der Waals surface area contributed by atoms with E-state index >= 15 is 0 Å². The summed E-state index contributed by atoms with van der Waals surface area (Å²) in [4.78, 5) is 16.5. The second kappa shape index (κ2) is 8.31. The van der Waals surface area contributed by atoms with E-state index in [0.29, 0.717) is 31.7 Å². The van der Waals surface area contributed by atoms with Gasteiger partial charge in [-0.25, -0.2) is 13.0 Å². The number of carbonyl (C=O) groups excluding carboxylic acids is 1. The van der Waals surface area contributed by atoms with Crippen LogP contribution in [0.15, 0.2) is 52.0 Å². The van der Waals surface area contributed by atoms with E-state index in [1.165, 1.54) is 6.07 Å². The van der Waals surface area contributed by atoms with Gasteiger partial charge >= 0.3 is 0 Å². The van der Waals surface area contributed by atoms with Gasteiger partial charge in [0.05, 0.1) is 17.8 Å². The zero-order valence-corrected chi connectivity index (χ0v) is 17.3. The maximum atomic E-state index is 12.7. The van der Waals surface area contributed by atoms with Crippen LogP contribution in [0.1, 0.15) is 6.42 Å². The summed E-state index contributed by atoms with van der Waals surface area (Å²) < 4.78 is 35.3. The number of piperazine rings is 1. The maximum absolute atomic E-state index is 12.7. The monoisotopic (exact) mass is 430 g/mol. The molecule has 1 aliphatic heterocycles. The molecule has 0 N–H and O–H groups in total. The van der Waals surface area contributed by atoms with Crippen molar-refractivity contribution in [2.24, 2.45) is 0 Å². The third-order valence-corrected chi connectivity index (χ3v) is 6.98. The van der Waals surface area contributed by atoms with Crippen molar-refractivity contribution in [3.8, 4) is 5.75 Å². The minimum Gasteiger partial charge on any atom is -0.497 e. The Kier molecular flexibility index (Phi) is 5.58. The van der Waals surface area contributed by atoms with E-state index in [1.54, 1.807) is 24.1 Å². The number of methoxy groups -OCH3 is 1. The van der Waals surface area contributed by atoms with Crippen LogP contribution in [0.2, 0.25) is 0 Å². The average Bonchev–Trinajstić information content (AvgIpc) is 3.26. The predicted molar refractivity (Wildman–Crippen MR) is 110 cm³/mol. The Morgan fingerprint density at radius 1 is 1.07 bits per heavy atom. The van der Waals surface area contributed by atoms with E-state index in [-0.39, 0.29) is 28.5 Å². The summed E-state index contributed by atoms with van der Waals surface area (Å²) in [6.07, 6.45) is -0.0768. The van der Waals surface area contributed by atoms with Gasteiger partial charge in [-0.15, -0.1) is 0 Å². The minimum absolute atomic E-state index is 0.0402. The molecule has 0 atom stereocenters. The van der Waals surface area contributed by atoms with Crippen LogP contribution in [0.5, 0.6) is 5.75 Å². The summed E-state index contributed by atoms with van der Waals surface area (Å²) >= 11 is 0. The molecule has 0 saturated carbocycles. The van der Waals surface area contributed by atoms with Crippen LogP contribution >= 0.6 is 0 Å². The van der Waals surface area contributed by atoms with Crippen LogP contribution in [-0.4, -0.2) is 68.6 Å². The van der Waals surface area contributed by atoms with E-state index in [2.05, 4.69) is 19.8 Å². The maximum Gasteiger partial charge on any atom is 0.223 e. The van der Waals surface area contributed by atoms with Crippen LogP contribution in [0.4, 0.5) is 5.69 Å². The summed E-state index contributed by atoms with van der Waals surface area (Å²) in [7, 11) is -2.06. The Morgan fingerprint density at radius 3 is 2.50 bits per heavy atom. The van der Waals surface area contributed by atoms with E-state index in [0.717, 1.165) is 11.4 Å². The van der Waals surface area contributed by atoms with E-state index in [4.69, 9.17) is 4.74 Å². The second-order valence-corrected chi connectivity index (χ2v) is 9.10. The number of rotatable bonds is 6. The molecule has 2 heterocycles. The van der Waals surface area contributed by atoms with Crippen molar-refractivity contribution in [1.29, 1.82) is 0 Å². The first-order valence-electron chi connectivity index (χ1n) is 9.59. The number of carbonyl (C=O) groups is 1. The fourth-order valence-corrected chi connectivity index (χ4v) is 4.91. The van der Waals surface area contributed by atoms with E-state index < -0.39 is 9.84 Å². The lowest BCUT2D eigenvalue weighted by atomic mass is 10.2. The molecule has 1 fully saturated rings. The molecule has 0 bridgehead atoms. The highest BCUT2D eigenvalue weighted by atomic mass is 32.2. The number of nitrogens with zero attached hydrogens (tertiary/aromatic N) is 4. The Bertz CT molecular complexity index is 1140. The molecular weight excluding hydrogens is 408 g/mol. The Morgan fingerprint density at radius 2 is 1.80 bits per heavy atom. The molecule has 10 heteroatoms. The van der Waals surface area contributed by atoms with Crippen molar-refractivity contribution in [2.45, 2.75) is 11.3 Å². The zero-order valence-electron chi connectivity index (χ0n) is 16.5. The molecule has 1 saturated heterocycles. The number of hydrogen-bond donors (Lipinski definition) is 0. The summed E-state index contributed by atoms with van der Waals surface area (Å²) in [6.45, 7) is 2.48. The van der Waals surface area contributed by atoms with Crippen molar-refractivity contribution < 1.29 is 22.6 Å². The number of benzene rings is 2. The van der Waals surface area contributed by atoms with Crippen molar-refractivity contribution in [1.82, 2.24) is 15.2 Å². The molecule has 0 unspecified atom stereocenters. The summed E-state index contributed by atoms with van der Waals surface area (Å²) in [6, 6.07) is 12.5. The second-order valence-electron chi connectivity index (χ2n) is 7.02. The van der Waals surface area contributed by atoms with Gasteiger partial charge in [-0.05, 0) is 46.7 Å². The fourth-order valence-electron chi connectivity index (χ4n) is 3.53. The number of ether oxygens (including phenoxy) is 1. The van der Waals surface area contributed by atoms with E-state index in [9.17, 15) is 13.2 Å². The quantitative estimate of drug-likeness (QED) is 0.582. The molecule has 4 rings (SSSR count). The summed E-state index contributed by atoms with van der Waals surface area (Å²) in [5.74, 6) is 0.348. The number of anilines is 1. The van der Waals surface area contributed by atoms with Crippen LogP contribution in [0.25, 0.3) is 11.0 Å². The fraction of sp³-hybridized carbons (Fsp3) is 0.350. The Labute approximate surface area is 174 Å². The Hall–Kier alpha value is -3.14. The lowest BCUT2D eigenvalue weighted by molar-refractivity contribution is -0.131. The molecule has 9 nitrogen and oxygen atoms in total. The minimum atomic E-state index is -3.68. The predicted octanol–water partition coefficient (Wildman–Crippen LogP) is 1.74. The largest absolute Gasteiger partial charge is 0.497 e. The number of sulfone groups is 1. The van der Waals surface area contributed by atoms with Crippen LogP contribution in [0.3, 0.4) is 0 Å². The highest BCUT2D eigenvalue weighted by molar-refractivity contribution is 7.91. The van der Waals surface area contributed by atoms with Gasteiger partial charge in [0, 0.05) is 38.3 Å². The van der Waals surface area contributed by atoms with Crippen molar-refractivity contribution in [3.05, 3.63) is 42.5 Å². The lowest BCUT2D eigenvalue weighted by Gasteiger charge is -2.36. The molecule has 30 heavy (non-hydrogen) atoms. The van der Waals surface area contributed by atoms with Gasteiger partial charge in [0.25, 0.3) is 0 Å². The first kappa shape index (κ1) is 20.1. The van der Waals surface area contributed by atoms with Gasteiger partial charge in [0.15, 0.2) is 15.4 Å². The van der Waals surface area contributed by atoms with Gasteiger partial charge in [-0.3, -0.25) is 4.79 Å². The highest BCUT2D eigenvalue weighted by Gasteiger charge is 2.25. The molecule has 1 aromatic heterocycles. The molecule has 2 aromatic carbocycles. The van der Waals surface area contributed by atoms with Crippen molar-refractivity contribution in [3.63, 3.8) is 0 Å². The molecule has 0 spiro atoms. The van der Waals surface area contributed by atoms with Crippen LogP contribution in [0, 0.1) is 0 Å². The number of aromatic nitrogens is 2. The molecule has 1 amide bonds. The summed E-state index contributed by atoms with van der Waals surface area (Å²) in [5.41, 5.74) is 1.63. The van der Waals surface area contributed by atoms with Gasteiger partial charge in [-0.1, -0.05) is 6.07 Å². The number of hydrogen-bond acceptors (Lipinski definition) is 8. The van der Waals surface area contributed by atoms with Crippen molar-refractivity contribution in [2.75, 3.05) is 43.9 Å². The molecule has 158 valence electrons. The first-order chi connectivity index (χ1) is 14.5. The van der Waals surface area contributed by atoms with Gasteiger partial charge in [0.1, 0.15) is 11.3 Å². The smallest absolute Gasteiger partial charge is 0.223 e. The lowest BCUT2D eigenvalue weighted by Crippen LogP contribution is -2.49. The Balaban J connectivity index is 1.34. The zero-order chi connectivity index (χ0) is 21.1. The molecule has 0 radical (unpaired) electrons. The van der Waals surface area contributed by atoms with Gasteiger partial charge in [-0.2, -0.15) is 0 Å². The third kappa shape index (κ3) is 4.09. The van der Waals surface area contributed by atoms with Crippen LogP contribution in [-0.2, 0) is 14.6 Å². The van der Waals surface area contributed by atoms with Crippen molar-refractivity contribution >= 4 is 32.5 Å². The van der Waals surface area contributed by atoms with Gasteiger partial charge < -0.3 is 14.5 Å². The molecule has 3 aromatic rings. The van der Waals surface area contributed by atoms with E-state index in [1.807, 2.05) is 24.3 Å². The highest BCUT2D eigenvalue weighted by Crippen LogP contribution is 2.23. The third-order valence-electron chi connectivity index (χ3n) is 5.24. The average molecular weight is 430 g/mol. The normalized spacial score (nSPS) is 14.8. The standard InChI is InChI=1S/C20H22N4O5S/c1-28-16-7-5-15(6-8-16)23-10-12-24(13-11-23)19(25)9-14-30(26,27)18-4-2-3-17-20(18)22-29-21-17/h2-8H,9-14H2,1H3. The molecule has 0 aliphatic carbocycles. The first-order valence-corrected chi connectivity index (χ1v) is 11.2.